The van der Waals surface area contributed by atoms with E-state index in [0.29, 0.717) is 25.4 Å². The third-order valence-corrected chi connectivity index (χ3v) is 4.82. The van der Waals surface area contributed by atoms with E-state index in [4.69, 9.17) is 0 Å². The fourth-order valence-corrected chi connectivity index (χ4v) is 3.15. The minimum Gasteiger partial charge on any atom is -0.297 e. The molecule has 0 radical (unpaired) electrons. The first kappa shape index (κ1) is 13.6. The molecule has 3 atom stereocenters. The average molecular weight is 275 g/mol. The van der Waals surface area contributed by atoms with Crippen molar-refractivity contribution in [2.45, 2.75) is 57.0 Å². The molecule has 0 aromatic rings. The largest absolute Gasteiger partial charge is 0.297 e. The van der Waals surface area contributed by atoms with Crippen LogP contribution in [0.4, 0.5) is 0 Å². The number of nitrogens with one attached hydrogen (secondary N) is 1. The molecule has 3 rings (SSSR count). The Morgan fingerprint density at radius 1 is 1.35 bits per heavy atom. The molecule has 2 aliphatic carbocycles. The number of likely N-dealkylation sites (tertiary alicyclic amines) is 1. The first-order valence-electron chi connectivity index (χ1n) is 7.64. The molecule has 3 unspecified atom stereocenters. The molecule has 1 N–H and O–H groups in total. The Kier molecular flexibility index (Phi) is 3.29. The van der Waals surface area contributed by atoms with Gasteiger partial charge in [0.1, 0.15) is 5.54 Å². The summed E-state index contributed by atoms with van der Waals surface area (Å²) in [6, 6.07) is 2.89. The molecule has 3 aliphatic rings. The molecule has 0 aromatic heterocycles. The van der Waals surface area contributed by atoms with Gasteiger partial charge >= 0.3 is 0 Å². The van der Waals surface area contributed by atoms with Crippen LogP contribution in [-0.2, 0) is 9.59 Å². The van der Waals surface area contributed by atoms with E-state index in [1.54, 1.807) is 0 Å². The van der Waals surface area contributed by atoms with Gasteiger partial charge in [0.2, 0.25) is 11.8 Å². The van der Waals surface area contributed by atoms with Crippen LogP contribution in [0, 0.1) is 23.2 Å². The normalized spacial score (nSPS) is 30.9. The standard InChI is InChI=1S/C15H21N3O2/c1-2-15(9-16,17-10-4-5-10)6-3-7-18-13(19)11-8-12(11)14(18)20/h10-12,17H,2-8H2,1H3. The van der Waals surface area contributed by atoms with Gasteiger partial charge in [-0.1, -0.05) is 6.92 Å². The molecule has 20 heavy (non-hydrogen) atoms. The van der Waals surface area contributed by atoms with Crippen LogP contribution in [0.5, 0.6) is 0 Å². The molecule has 2 saturated carbocycles. The van der Waals surface area contributed by atoms with E-state index < -0.39 is 5.54 Å². The van der Waals surface area contributed by atoms with Crippen molar-refractivity contribution in [3.8, 4) is 6.07 Å². The van der Waals surface area contributed by atoms with Crippen molar-refractivity contribution in [3.05, 3.63) is 0 Å². The lowest BCUT2D eigenvalue weighted by atomic mass is 9.91. The van der Waals surface area contributed by atoms with Gasteiger partial charge in [-0.3, -0.25) is 19.8 Å². The highest BCUT2D eigenvalue weighted by Gasteiger charge is 2.58. The number of piperidine rings is 1. The van der Waals surface area contributed by atoms with Crippen LogP contribution < -0.4 is 5.32 Å². The summed E-state index contributed by atoms with van der Waals surface area (Å²) in [5, 5.41) is 12.9. The SMILES string of the molecule is CCC(C#N)(CCCN1C(=O)C2CC2C1=O)NC1CC1. The predicted octanol–water partition coefficient (Wildman–Crippen LogP) is 1.20. The van der Waals surface area contributed by atoms with Crippen LogP contribution in [0.3, 0.4) is 0 Å². The first-order chi connectivity index (χ1) is 9.60. The highest BCUT2D eigenvalue weighted by atomic mass is 16.2. The molecule has 1 aliphatic heterocycles. The second kappa shape index (κ2) is 4.85. The topological polar surface area (TPSA) is 73.2 Å². The van der Waals surface area contributed by atoms with E-state index in [-0.39, 0.29) is 23.7 Å². The van der Waals surface area contributed by atoms with Gasteiger partial charge in [0, 0.05) is 12.6 Å². The van der Waals surface area contributed by atoms with Gasteiger partial charge in [-0.05, 0) is 38.5 Å². The minimum atomic E-state index is -0.490. The third kappa shape index (κ3) is 2.33. The Morgan fingerprint density at radius 3 is 2.50 bits per heavy atom. The zero-order valence-corrected chi connectivity index (χ0v) is 11.9. The van der Waals surface area contributed by atoms with Crippen molar-refractivity contribution in [2.75, 3.05) is 6.54 Å². The smallest absolute Gasteiger partial charge is 0.233 e. The van der Waals surface area contributed by atoms with Crippen molar-refractivity contribution in [1.29, 1.82) is 5.26 Å². The first-order valence-corrected chi connectivity index (χ1v) is 7.64. The number of carbonyl (C=O) groups is 2. The highest BCUT2D eigenvalue weighted by molar-refractivity contribution is 6.08. The van der Waals surface area contributed by atoms with Crippen LogP contribution in [0.15, 0.2) is 0 Å². The summed E-state index contributed by atoms with van der Waals surface area (Å²) in [5.74, 6) is -0.0126. The monoisotopic (exact) mass is 275 g/mol. The fourth-order valence-electron chi connectivity index (χ4n) is 3.15. The summed E-state index contributed by atoms with van der Waals surface area (Å²) in [7, 11) is 0. The molecule has 1 heterocycles. The lowest BCUT2D eigenvalue weighted by Gasteiger charge is -2.27. The van der Waals surface area contributed by atoms with E-state index in [2.05, 4.69) is 11.4 Å². The Hall–Kier alpha value is -1.41. The molecule has 1 saturated heterocycles. The zero-order chi connectivity index (χ0) is 14.3. The lowest BCUT2D eigenvalue weighted by Crippen LogP contribution is -2.45. The summed E-state index contributed by atoms with van der Waals surface area (Å²) in [5.41, 5.74) is -0.490. The molecular formula is C15H21N3O2. The van der Waals surface area contributed by atoms with Crippen LogP contribution >= 0.6 is 0 Å². The van der Waals surface area contributed by atoms with Crippen molar-refractivity contribution < 1.29 is 9.59 Å². The molecule has 5 nitrogen and oxygen atoms in total. The number of fused-ring (bicyclic) bond motifs is 1. The third-order valence-electron chi connectivity index (χ3n) is 4.82. The molecule has 5 heteroatoms. The molecule has 0 aromatic carbocycles. The maximum Gasteiger partial charge on any atom is 0.233 e. The van der Waals surface area contributed by atoms with Gasteiger partial charge in [-0.25, -0.2) is 0 Å². The van der Waals surface area contributed by atoms with Gasteiger partial charge in [-0.15, -0.1) is 0 Å². The maximum atomic E-state index is 11.9. The number of hydrogen-bond acceptors (Lipinski definition) is 4. The zero-order valence-electron chi connectivity index (χ0n) is 11.9. The Balaban J connectivity index is 1.52. The summed E-state index contributed by atoms with van der Waals surface area (Å²) >= 11 is 0. The quantitative estimate of drug-likeness (QED) is 0.708. The van der Waals surface area contributed by atoms with Crippen LogP contribution in [-0.4, -0.2) is 34.8 Å². The number of rotatable bonds is 7. The fraction of sp³-hybridized carbons (Fsp3) is 0.800. The summed E-state index contributed by atoms with van der Waals surface area (Å²) in [6.07, 6.45) is 5.22. The van der Waals surface area contributed by atoms with Gasteiger partial charge in [0.25, 0.3) is 0 Å². The van der Waals surface area contributed by atoms with Gasteiger partial charge < -0.3 is 0 Å². The Labute approximate surface area is 119 Å². The van der Waals surface area contributed by atoms with Gasteiger partial charge in [-0.2, -0.15) is 5.26 Å². The van der Waals surface area contributed by atoms with Crippen LogP contribution in [0.25, 0.3) is 0 Å². The van der Waals surface area contributed by atoms with Crippen molar-refractivity contribution in [3.63, 3.8) is 0 Å². The van der Waals surface area contributed by atoms with Gasteiger partial charge in [0.15, 0.2) is 0 Å². The number of carbonyl (C=O) groups excluding carboxylic acids is 2. The molecule has 0 bridgehead atoms. The molecular weight excluding hydrogens is 254 g/mol. The number of nitriles is 1. The maximum absolute atomic E-state index is 11.9. The summed E-state index contributed by atoms with van der Waals surface area (Å²) < 4.78 is 0. The number of imide groups is 1. The van der Waals surface area contributed by atoms with Crippen molar-refractivity contribution >= 4 is 11.8 Å². The Morgan fingerprint density at radius 2 is 2.00 bits per heavy atom. The molecule has 2 amide bonds. The number of hydrogen-bond donors (Lipinski definition) is 1. The van der Waals surface area contributed by atoms with E-state index in [9.17, 15) is 14.9 Å². The van der Waals surface area contributed by atoms with E-state index in [0.717, 1.165) is 25.7 Å². The molecule has 108 valence electrons. The van der Waals surface area contributed by atoms with E-state index >= 15 is 0 Å². The van der Waals surface area contributed by atoms with E-state index in [1.165, 1.54) is 4.90 Å². The van der Waals surface area contributed by atoms with Crippen molar-refractivity contribution in [2.24, 2.45) is 11.8 Å². The number of nitrogens with zero attached hydrogens (tertiary/aromatic N) is 2. The van der Waals surface area contributed by atoms with E-state index in [1.807, 2.05) is 6.92 Å². The number of amides is 2. The predicted molar refractivity (Wildman–Crippen MR) is 72.3 cm³/mol. The van der Waals surface area contributed by atoms with Gasteiger partial charge in [0.05, 0.1) is 17.9 Å². The van der Waals surface area contributed by atoms with Crippen LogP contribution in [0.2, 0.25) is 0 Å². The minimum absolute atomic E-state index is 0.00853. The summed E-state index contributed by atoms with van der Waals surface area (Å²) in [4.78, 5) is 25.1. The molecule has 0 spiro atoms. The Bertz CT molecular complexity index is 460. The second-order valence-electron chi connectivity index (χ2n) is 6.35. The average Bonchev–Trinajstić information content (AvgIpc) is 3.34. The summed E-state index contributed by atoms with van der Waals surface area (Å²) in [6.45, 7) is 2.49. The van der Waals surface area contributed by atoms with Crippen molar-refractivity contribution in [1.82, 2.24) is 10.2 Å². The lowest BCUT2D eigenvalue weighted by molar-refractivity contribution is -0.141. The van der Waals surface area contributed by atoms with Crippen LogP contribution in [0.1, 0.15) is 45.4 Å². The molecule has 3 fully saturated rings. The highest BCUT2D eigenvalue weighted by Crippen LogP contribution is 2.47. The second-order valence-corrected chi connectivity index (χ2v) is 6.35.